The Morgan fingerprint density at radius 1 is 1.04 bits per heavy atom. The lowest BCUT2D eigenvalue weighted by molar-refractivity contribution is 0.0955. The van der Waals surface area contributed by atoms with Gasteiger partial charge >= 0.3 is 0 Å². The number of hydrogen-bond donors (Lipinski definition) is 1. The molecular weight excluding hydrogens is 317 g/mol. The smallest absolute Gasteiger partial charge is 0.271 e. The fourth-order valence-corrected chi connectivity index (χ4v) is 2.51. The Bertz CT molecular complexity index is 690. The zero-order valence-electron chi connectivity index (χ0n) is 14.7. The molecule has 0 aliphatic heterocycles. The molecule has 0 saturated carbocycles. The van der Waals surface area contributed by atoms with Crippen LogP contribution >= 0.6 is 0 Å². The Morgan fingerprint density at radius 3 is 2.20 bits per heavy atom. The third kappa shape index (κ3) is 5.71. The Balaban J connectivity index is 1.94. The highest BCUT2D eigenvalue weighted by molar-refractivity contribution is 5.94. The number of halogens is 1. The highest BCUT2D eigenvalue weighted by atomic mass is 19.1. The largest absolute Gasteiger partial charge is 0.372 e. The predicted octanol–water partition coefficient (Wildman–Crippen LogP) is 4.22. The van der Waals surface area contributed by atoms with Crippen LogP contribution in [0.2, 0.25) is 0 Å². The molecule has 0 aliphatic carbocycles. The third-order valence-electron chi connectivity index (χ3n) is 3.73. The standard InChI is InChI=1S/C20H24FN3O/c1-3-13-24(14-4-2)19-11-5-16(6-12-19)15-22-23-20(25)17-7-9-18(21)10-8-17/h5-12,15H,3-4,13-14H2,1-2H3,(H,23,25). The van der Waals surface area contributed by atoms with Crippen LogP contribution < -0.4 is 10.3 Å². The molecule has 0 aromatic heterocycles. The lowest BCUT2D eigenvalue weighted by atomic mass is 10.2. The molecule has 132 valence electrons. The second-order valence-corrected chi connectivity index (χ2v) is 5.78. The highest BCUT2D eigenvalue weighted by Gasteiger charge is 2.05. The number of hydrogen-bond acceptors (Lipinski definition) is 3. The molecule has 0 atom stereocenters. The zero-order chi connectivity index (χ0) is 18.1. The summed E-state index contributed by atoms with van der Waals surface area (Å²) in [4.78, 5) is 14.2. The topological polar surface area (TPSA) is 44.7 Å². The summed E-state index contributed by atoms with van der Waals surface area (Å²) in [5, 5.41) is 3.96. The van der Waals surface area contributed by atoms with E-state index in [1.807, 2.05) is 12.1 Å². The van der Waals surface area contributed by atoms with E-state index in [2.05, 4.69) is 41.4 Å². The summed E-state index contributed by atoms with van der Waals surface area (Å²) in [6.45, 7) is 6.42. The number of carbonyl (C=O) groups is 1. The van der Waals surface area contributed by atoms with Crippen molar-refractivity contribution in [2.45, 2.75) is 26.7 Å². The monoisotopic (exact) mass is 341 g/mol. The molecule has 0 fully saturated rings. The molecule has 2 aromatic carbocycles. The maximum atomic E-state index is 12.8. The summed E-state index contributed by atoms with van der Waals surface area (Å²) in [5.74, 6) is -0.745. The molecule has 5 heteroatoms. The van der Waals surface area contributed by atoms with E-state index in [4.69, 9.17) is 0 Å². The van der Waals surface area contributed by atoms with Crippen LogP contribution in [-0.4, -0.2) is 25.2 Å². The minimum Gasteiger partial charge on any atom is -0.372 e. The number of rotatable bonds is 8. The van der Waals surface area contributed by atoms with Gasteiger partial charge in [-0.1, -0.05) is 26.0 Å². The molecule has 0 aliphatic rings. The summed E-state index contributed by atoms with van der Waals surface area (Å²) >= 11 is 0. The quantitative estimate of drug-likeness (QED) is 0.577. The van der Waals surface area contributed by atoms with Gasteiger partial charge in [0.25, 0.3) is 5.91 Å². The van der Waals surface area contributed by atoms with Crippen LogP contribution in [0.1, 0.15) is 42.6 Å². The van der Waals surface area contributed by atoms with Crippen LogP contribution in [-0.2, 0) is 0 Å². The molecule has 25 heavy (non-hydrogen) atoms. The highest BCUT2D eigenvalue weighted by Crippen LogP contribution is 2.15. The van der Waals surface area contributed by atoms with Crippen LogP contribution in [0.5, 0.6) is 0 Å². The van der Waals surface area contributed by atoms with E-state index in [0.717, 1.165) is 31.5 Å². The second-order valence-electron chi connectivity index (χ2n) is 5.78. The predicted molar refractivity (Wildman–Crippen MR) is 101 cm³/mol. The van der Waals surface area contributed by atoms with Gasteiger partial charge < -0.3 is 4.90 Å². The molecular formula is C20H24FN3O. The normalized spacial score (nSPS) is 10.8. The summed E-state index contributed by atoms with van der Waals surface area (Å²) in [6.07, 6.45) is 3.81. The van der Waals surface area contributed by atoms with Gasteiger partial charge in [-0.3, -0.25) is 4.79 Å². The molecule has 0 heterocycles. The number of benzene rings is 2. The minimum atomic E-state index is -0.375. The van der Waals surface area contributed by atoms with Crippen molar-refractivity contribution in [1.82, 2.24) is 5.43 Å². The molecule has 0 radical (unpaired) electrons. The van der Waals surface area contributed by atoms with E-state index >= 15 is 0 Å². The molecule has 2 aromatic rings. The van der Waals surface area contributed by atoms with Gasteiger partial charge in [-0.05, 0) is 54.8 Å². The van der Waals surface area contributed by atoms with Crippen LogP contribution in [0.15, 0.2) is 53.6 Å². The van der Waals surface area contributed by atoms with Gasteiger partial charge in [-0.2, -0.15) is 5.10 Å². The first-order valence-corrected chi connectivity index (χ1v) is 8.58. The minimum absolute atomic E-state index is 0.365. The van der Waals surface area contributed by atoms with Gasteiger partial charge in [0.15, 0.2) is 0 Å². The second kappa shape index (κ2) is 9.57. The maximum Gasteiger partial charge on any atom is 0.271 e. The van der Waals surface area contributed by atoms with E-state index in [0.29, 0.717) is 5.56 Å². The van der Waals surface area contributed by atoms with Gasteiger partial charge in [0, 0.05) is 24.3 Å². The van der Waals surface area contributed by atoms with E-state index < -0.39 is 0 Å². The van der Waals surface area contributed by atoms with Crippen molar-refractivity contribution in [3.63, 3.8) is 0 Å². The average Bonchev–Trinajstić information content (AvgIpc) is 2.62. The summed E-state index contributed by atoms with van der Waals surface area (Å²) in [7, 11) is 0. The zero-order valence-corrected chi connectivity index (χ0v) is 14.7. The SMILES string of the molecule is CCCN(CCC)c1ccc(C=NNC(=O)c2ccc(F)cc2)cc1. The van der Waals surface area contributed by atoms with Gasteiger partial charge in [0.1, 0.15) is 5.82 Å². The van der Waals surface area contributed by atoms with Crippen LogP contribution in [0.25, 0.3) is 0 Å². The fourth-order valence-electron chi connectivity index (χ4n) is 2.51. The molecule has 0 spiro atoms. The molecule has 1 N–H and O–H groups in total. The number of nitrogens with zero attached hydrogens (tertiary/aromatic N) is 2. The third-order valence-corrected chi connectivity index (χ3v) is 3.73. The van der Waals surface area contributed by atoms with Crippen LogP contribution in [0.3, 0.4) is 0 Å². The summed E-state index contributed by atoms with van der Waals surface area (Å²) in [6, 6.07) is 13.4. The molecule has 1 amide bonds. The molecule has 0 bridgehead atoms. The fraction of sp³-hybridized carbons (Fsp3) is 0.300. The first-order chi connectivity index (χ1) is 12.1. The number of nitrogens with one attached hydrogen (secondary N) is 1. The molecule has 4 nitrogen and oxygen atoms in total. The summed E-state index contributed by atoms with van der Waals surface area (Å²) in [5.41, 5.74) is 4.90. The van der Waals surface area contributed by atoms with Gasteiger partial charge in [0.2, 0.25) is 0 Å². The number of hydrazone groups is 1. The first kappa shape index (κ1) is 18.6. The lowest BCUT2D eigenvalue weighted by Gasteiger charge is -2.23. The summed E-state index contributed by atoms with van der Waals surface area (Å²) < 4.78 is 12.8. The van der Waals surface area contributed by atoms with Crippen molar-refractivity contribution in [3.8, 4) is 0 Å². The molecule has 0 saturated heterocycles. The van der Waals surface area contributed by atoms with Crippen molar-refractivity contribution in [3.05, 3.63) is 65.5 Å². The molecule has 0 unspecified atom stereocenters. The van der Waals surface area contributed by atoms with Crippen molar-refractivity contribution >= 4 is 17.8 Å². The van der Waals surface area contributed by atoms with E-state index in [1.165, 1.54) is 30.0 Å². The van der Waals surface area contributed by atoms with Gasteiger partial charge in [0.05, 0.1) is 6.21 Å². The van der Waals surface area contributed by atoms with Crippen molar-refractivity contribution in [2.75, 3.05) is 18.0 Å². The van der Waals surface area contributed by atoms with E-state index in [1.54, 1.807) is 6.21 Å². The van der Waals surface area contributed by atoms with Gasteiger partial charge in [-0.15, -0.1) is 0 Å². The first-order valence-electron chi connectivity index (χ1n) is 8.58. The van der Waals surface area contributed by atoms with Crippen molar-refractivity contribution < 1.29 is 9.18 Å². The van der Waals surface area contributed by atoms with Crippen LogP contribution in [0.4, 0.5) is 10.1 Å². The molecule has 2 rings (SSSR count). The maximum absolute atomic E-state index is 12.8. The van der Waals surface area contributed by atoms with E-state index in [9.17, 15) is 9.18 Å². The Hall–Kier alpha value is -2.69. The van der Waals surface area contributed by atoms with Crippen molar-refractivity contribution in [1.29, 1.82) is 0 Å². The van der Waals surface area contributed by atoms with E-state index in [-0.39, 0.29) is 11.7 Å². The van der Waals surface area contributed by atoms with Crippen LogP contribution in [0, 0.1) is 5.82 Å². The Labute approximate surface area is 148 Å². The number of amides is 1. The average molecular weight is 341 g/mol. The Morgan fingerprint density at radius 2 is 1.64 bits per heavy atom. The number of anilines is 1. The Kier molecular flexibility index (Phi) is 7.14. The number of carbonyl (C=O) groups excluding carboxylic acids is 1. The van der Waals surface area contributed by atoms with Crippen molar-refractivity contribution in [2.24, 2.45) is 5.10 Å². The lowest BCUT2D eigenvalue weighted by Crippen LogP contribution is -2.24. The van der Waals surface area contributed by atoms with Gasteiger partial charge in [-0.25, -0.2) is 9.82 Å².